The van der Waals surface area contributed by atoms with Gasteiger partial charge in [0.25, 0.3) is 5.88 Å². The zero-order valence-corrected chi connectivity index (χ0v) is 13.2. The lowest BCUT2D eigenvalue weighted by Gasteiger charge is -2.32. The van der Waals surface area contributed by atoms with Crippen LogP contribution in [-0.2, 0) is 0 Å². The van der Waals surface area contributed by atoms with Crippen LogP contribution in [0.15, 0.2) is 24.3 Å². The summed E-state index contributed by atoms with van der Waals surface area (Å²) in [5.41, 5.74) is 1.77. The van der Waals surface area contributed by atoms with Gasteiger partial charge in [-0.25, -0.2) is 9.97 Å². The molecule has 5 nitrogen and oxygen atoms in total. The fourth-order valence-electron chi connectivity index (χ4n) is 2.68. The molecule has 0 amide bonds. The van der Waals surface area contributed by atoms with Crippen LogP contribution in [0, 0.1) is 0 Å². The summed E-state index contributed by atoms with van der Waals surface area (Å²) >= 11 is 0. The van der Waals surface area contributed by atoms with Crippen LogP contribution < -0.4 is 15.0 Å². The summed E-state index contributed by atoms with van der Waals surface area (Å²) < 4.78 is 5.43. The molecule has 0 saturated carbocycles. The summed E-state index contributed by atoms with van der Waals surface area (Å²) in [7, 11) is 3.72. The molecule has 0 aliphatic carbocycles. The van der Waals surface area contributed by atoms with E-state index >= 15 is 0 Å². The normalized spacial score (nSPS) is 18.1. The second-order valence-corrected chi connectivity index (χ2v) is 5.16. The molecule has 0 unspecified atom stereocenters. The molecule has 3 rings (SSSR count). The fourth-order valence-corrected chi connectivity index (χ4v) is 2.68. The number of hydrogen-bond donors (Lipinski definition) is 1. The minimum Gasteiger partial charge on any atom is -0.478 e. The predicted octanol–water partition coefficient (Wildman–Crippen LogP) is 2.25. The highest BCUT2D eigenvalue weighted by Crippen LogP contribution is 2.28. The second kappa shape index (κ2) is 6.91. The van der Waals surface area contributed by atoms with Gasteiger partial charge in [-0.2, -0.15) is 0 Å². The molecule has 1 N–H and O–H groups in total. The topological polar surface area (TPSA) is 50.3 Å². The Labute approximate surface area is 131 Å². The number of rotatable bonds is 3. The van der Waals surface area contributed by atoms with Crippen molar-refractivity contribution in [3.63, 3.8) is 0 Å². The summed E-state index contributed by atoms with van der Waals surface area (Å²) in [4.78, 5) is 11.5. The number of benzene rings is 1. The largest absolute Gasteiger partial charge is 0.478 e. The lowest BCUT2D eigenvalue weighted by Crippen LogP contribution is -2.44. The lowest BCUT2D eigenvalue weighted by molar-refractivity contribution is 0.390. The van der Waals surface area contributed by atoms with Crippen molar-refractivity contribution in [3.8, 4) is 5.88 Å². The van der Waals surface area contributed by atoms with Crippen molar-refractivity contribution in [3.05, 3.63) is 24.3 Å². The van der Waals surface area contributed by atoms with Gasteiger partial charge in [-0.05, 0) is 31.5 Å². The van der Waals surface area contributed by atoms with E-state index in [-0.39, 0.29) is 12.4 Å². The van der Waals surface area contributed by atoms with E-state index in [1.54, 1.807) is 7.11 Å². The molecular weight excluding hydrogens is 288 g/mol. The maximum Gasteiger partial charge on any atom is 0.257 e. The van der Waals surface area contributed by atoms with E-state index < -0.39 is 0 Å². The highest BCUT2D eigenvalue weighted by atomic mass is 35.5. The Bertz CT molecular complexity index is 601. The third-order valence-corrected chi connectivity index (χ3v) is 3.87. The number of nitrogens with zero attached hydrogens (tertiary/aromatic N) is 3. The number of aromatic nitrogens is 2. The first-order valence-electron chi connectivity index (χ1n) is 7.04. The van der Waals surface area contributed by atoms with Gasteiger partial charge in [0.15, 0.2) is 5.82 Å². The summed E-state index contributed by atoms with van der Waals surface area (Å²) in [5.74, 6) is 1.41. The SMILES string of the molecule is COc1nc2ccccc2nc1N(C)[C@H]1CCCNC1.Cl. The van der Waals surface area contributed by atoms with Crippen molar-refractivity contribution in [2.45, 2.75) is 18.9 Å². The smallest absolute Gasteiger partial charge is 0.257 e. The third kappa shape index (κ3) is 3.19. The Balaban J connectivity index is 0.00000161. The van der Waals surface area contributed by atoms with Crippen molar-refractivity contribution in [1.82, 2.24) is 15.3 Å². The third-order valence-electron chi connectivity index (χ3n) is 3.87. The first-order chi connectivity index (χ1) is 9.79. The van der Waals surface area contributed by atoms with Gasteiger partial charge >= 0.3 is 0 Å². The van der Waals surface area contributed by atoms with Gasteiger partial charge in [0.2, 0.25) is 0 Å². The number of anilines is 1. The molecule has 1 aromatic heterocycles. The summed E-state index contributed by atoms with van der Waals surface area (Å²) in [6.45, 7) is 2.08. The molecule has 1 aromatic carbocycles. The van der Waals surface area contributed by atoms with Gasteiger partial charge in [0.05, 0.1) is 18.1 Å². The van der Waals surface area contributed by atoms with E-state index in [0.717, 1.165) is 29.9 Å². The molecule has 1 fully saturated rings. The number of likely N-dealkylation sites (N-methyl/N-ethyl adjacent to an activating group) is 1. The first kappa shape index (κ1) is 15.8. The van der Waals surface area contributed by atoms with Crippen LogP contribution in [0.1, 0.15) is 12.8 Å². The standard InChI is InChI=1S/C15H20N4O.ClH/c1-19(11-6-5-9-16-10-11)14-15(20-2)18-13-8-4-3-7-12(13)17-14;/h3-4,7-8,11,16H,5-6,9-10H2,1-2H3;1H/t11-;/m0./s1. The summed E-state index contributed by atoms with van der Waals surface area (Å²) in [5, 5.41) is 3.43. The van der Waals surface area contributed by atoms with Gasteiger partial charge in [-0.1, -0.05) is 12.1 Å². The molecule has 0 bridgehead atoms. The van der Waals surface area contributed by atoms with Crippen molar-refractivity contribution in [1.29, 1.82) is 0 Å². The minimum absolute atomic E-state index is 0. The number of methoxy groups -OCH3 is 1. The van der Waals surface area contributed by atoms with Crippen LogP contribution in [0.5, 0.6) is 5.88 Å². The molecule has 2 aromatic rings. The number of fused-ring (bicyclic) bond motifs is 1. The van der Waals surface area contributed by atoms with E-state index in [2.05, 4.69) is 22.2 Å². The van der Waals surface area contributed by atoms with Crippen LogP contribution in [0.4, 0.5) is 5.82 Å². The highest BCUT2D eigenvalue weighted by molar-refractivity contribution is 5.85. The van der Waals surface area contributed by atoms with Crippen LogP contribution >= 0.6 is 12.4 Å². The van der Waals surface area contributed by atoms with E-state index in [1.807, 2.05) is 24.3 Å². The number of hydrogen-bond acceptors (Lipinski definition) is 5. The number of halogens is 1. The Morgan fingerprint density at radius 1 is 1.24 bits per heavy atom. The van der Waals surface area contributed by atoms with Crippen molar-refractivity contribution in [2.75, 3.05) is 32.1 Å². The van der Waals surface area contributed by atoms with E-state index in [9.17, 15) is 0 Å². The number of piperidine rings is 1. The Morgan fingerprint density at radius 2 is 1.95 bits per heavy atom. The maximum atomic E-state index is 5.43. The summed E-state index contributed by atoms with van der Waals surface area (Å²) in [6.07, 6.45) is 2.36. The van der Waals surface area contributed by atoms with Gasteiger partial charge in [-0.15, -0.1) is 12.4 Å². The monoisotopic (exact) mass is 308 g/mol. The highest BCUT2D eigenvalue weighted by Gasteiger charge is 2.22. The molecule has 0 radical (unpaired) electrons. The molecule has 2 heterocycles. The Kier molecular flexibility index (Phi) is 5.20. The molecule has 114 valence electrons. The zero-order valence-electron chi connectivity index (χ0n) is 12.4. The summed E-state index contributed by atoms with van der Waals surface area (Å²) in [6, 6.07) is 8.32. The average Bonchev–Trinajstić information content (AvgIpc) is 2.53. The molecule has 1 atom stereocenters. The number of para-hydroxylation sites is 2. The predicted molar refractivity (Wildman–Crippen MR) is 87.6 cm³/mol. The van der Waals surface area contributed by atoms with Crippen LogP contribution in [-0.4, -0.2) is 43.3 Å². The average molecular weight is 309 g/mol. The maximum absolute atomic E-state index is 5.43. The minimum atomic E-state index is 0. The van der Waals surface area contributed by atoms with Crippen LogP contribution in [0.3, 0.4) is 0 Å². The van der Waals surface area contributed by atoms with Gasteiger partial charge in [0, 0.05) is 19.6 Å². The van der Waals surface area contributed by atoms with Gasteiger partial charge in [0.1, 0.15) is 0 Å². The molecule has 21 heavy (non-hydrogen) atoms. The van der Waals surface area contributed by atoms with Crippen LogP contribution in [0.25, 0.3) is 11.0 Å². The molecule has 0 spiro atoms. The van der Waals surface area contributed by atoms with Crippen LogP contribution in [0.2, 0.25) is 0 Å². The Hall–Kier alpha value is -1.59. The quantitative estimate of drug-likeness (QED) is 0.942. The first-order valence-corrected chi connectivity index (χ1v) is 7.04. The van der Waals surface area contributed by atoms with Crippen molar-refractivity contribution in [2.24, 2.45) is 0 Å². The molecular formula is C15H21ClN4O. The second-order valence-electron chi connectivity index (χ2n) is 5.16. The van der Waals surface area contributed by atoms with E-state index in [0.29, 0.717) is 11.9 Å². The number of nitrogens with one attached hydrogen (secondary N) is 1. The van der Waals surface area contributed by atoms with Crippen molar-refractivity contribution < 1.29 is 4.74 Å². The molecule has 1 saturated heterocycles. The molecule has 1 aliphatic rings. The zero-order chi connectivity index (χ0) is 13.9. The van der Waals surface area contributed by atoms with E-state index in [1.165, 1.54) is 12.8 Å². The van der Waals surface area contributed by atoms with E-state index in [4.69, 9.17) is 9.72 Å². The van der Waals surface area contributed by atoms with Gasteiger partial charge < -0.3 is 15.0 Å². The lowest BCUT2D eigenvalue weighted by atomic mass is 10.1. The van der Waals surface area contributed by atoms with Crippen molar-refractivity contribution >= 4 is 29.3 Å². The molecule has 6 heteroatoms. The van der Waals surface area contributed by atoms with Gasteiger partial charge in [-0.3, -0.25) is 0 Å². The molecule has 1 aliphatic heterocycles. The fraction of sp³-hybridized carbons (Fsp3) is 0.467. The number of ether oxygens (including phenoxy) is 1. The Morgan fingerprint density at radius 3 is 2.57 bits per heavy atom.